The summed E-state index contributed by atoms with van der Waals surface area (Å²) >= 11 is 0. The Labute approximate surface area is 109 Å². The third kappa shape index (κ3) is 3.84. The van der Waals surface area contributed by atoms with Crippen molar-refractivity contribution in [1.29, 1.82) is 0 Å². The number of anilines is 1. The highest BCUT2D eigenvalue weighted by atomic mass is 16.1. The van der Waals surface area contributed by atoms with E-state index < -0.39 is 0 Å². The summed E-state index contributed by atoms with van der Waals surface area (Å²) in [6.07, 6.45) is 5.14. The van der Waals surface area contributed by atoms with Gasteiger partial charge in [0, 0.05) is 12.2 Å². The molecule has 0 saturated heterocycles. The molecule has 0 aromatic heterocycles. The number of carbonyl (C=O) groups is 1. The van der Waals surface area contributed by atoms with Gasteiger partial charge in [0.15, 0.2) is 0 Å². The molecule has 0 bridgehead atoms. The second-order valence-corrected chi connectivity index (χ2v) is 5.27. The first-order valence-electron chi connectivity index (χ1n) is 6.80. The number of hydrogen-bond acceptors (Lipinski definition) is 2. The lowest BCUT2D eigenvalue weighted by Gasteiger charge is -2.14. The van der Waals surface area contributed by atoms with Crippen LogP contribution in [0.5, 0.6) is 0 Å². The van der Waals surface area contributed by atoms with Crippen molar-refractivity contribution in [2.24, 2.45) is 5.41 Å². The summed E-state index contributed by atoms with van der Waals surface area (Å²) in [5, 5.41) is 6.16. The lowest BCUT2D eigenvalue weighted by atomic mass is 10.0. The Kier molecular flexibility index (Phi) is 4.37. The molecule has 1 saturated carbocycles. The van der Waals surface area contributed by atoms with Crippen LogP contribution < -0.4 is 10.6 Å². The van der Waals surface area contributed by atoms with Crippen molar-refractivity contribution in [3.05, 3.63) is 30.3 Å². The number of amides is 1. The molecule has 0 unspecified atom stereocenters. The maximum atomic E-state index is 11.7. The van der Waals surface area contributed by atoms with Gasteiger partial charge >= 0.3 is 0 Å². The van der Waals surface area contributed by atoms with Crippen molar-refractivity contribution in [2.75, 3.05) is 18.4 Å². The fraction of sp³-hybridized carbons (Fsp3) is 0.533. The van der Waals surface area contributed by atoms with Crippen LogP contribution in [0.2, 0.25) is 0 Å². The van der Waals surface area contributed by atoms with Crippen molar-refractivity contribution in [3.8, 4) is 0 Å². The van der Waals surface area contributed by atoms with E-state index in [9.17, 15) is 4.79 Å². The zero-order chi connectivity index (χ0) is 12.8. The lowest BCUT2D eigenvalue weighted by Crippen LogP contribution is -2.32. The highest BCUT2D eigenvalue weighted by molar-refractivity contribution is 5.92. The van der Waals surface area contributed by atoms with E-state index >= 15 is 0 Å². The van der Waals surface area contributed by atoms with Crippen LogP contribution in [0.1, 0.15) is 32.6 Å². The molecule has 1 aromatic carbocycles. The minimum atomic E-state index is 0.0356. The van der Waals surface area contributed by atoms with Crippen LogP contribution in [-0.2, 0) is 4.79 Å². The summed E-state index contributed by atoms with van der Waals surface area (Å²) in [5.41, 5.74) is 1.36. The summed E-state index contributed by atoms with van der Waals surface area (Å²) in [6, 6.07) is 9.58. The highest BCUT2D eigenvalue weighted by Crippen LogP contribution is 2.48. The molecule has 0 atom stereocenters. The minimum Gasteiger partial charge on any atom is -0.325 e. The maximum absolute atomic E-state index is 11.7. The number of carbonyl (C=O) groups excluding carboxylic acids is 1. The largest absolute Gasteiger partial charge is 0.325 e. The van der Waals surface area contributed by atoms with Gasteiger partial charge in [0.25, 0.3) is 0 Å². The summed E-state index contributed by atoms with van der Waals surface area (Å²) in [6.45, 7) is 3.60. The molecular formula is C15H22N2O. The quantitative estimate of drug-likeness (QED) is 0.776. The summed E-state index contributed by atoms with van der Waals surface area (Å²) in [7, 11) is 0. The first-order chi connectivity index (χ1) is 8.74. The molecule has 3 nitrogen and oxygen atoms in total. The van der Waals surface area contributed by atoms with E-state index in [-0.39, 0.29) is 5.91 Å². The third-order valence-electron chi connectivity index (χ3n) is 3.58. The Hall–Kier alpha value is -1.35. The van der Waals surface area contributed by atoms with E-state index in [1.165, 1.54) is 25.7 Å². The van der Waals surface area contributed by atoms with Gasteiger partial charge in [-0.15, -0.1) is 0 Å². The number of hydrogen-bond donors (Lipinski definition) is 2. The molecule has 1 aliphatic carbocycles. The summed E-state index contributed by atoms with van der Waals surface area (Å²) in [4.78, 5) is 11.7. The van der Waals surface area contributed by atoms with E-state index in [4.69, 9.17) is 0 Å². The average Bonchev–Trinajstić information content (AvgIpc) is 3.11. The van der Waals surface area contributed by atoms with Crippen molar-refractivity contribution < 1.29 is 4.79 Å². The molecular weight excluding hydrogens is 224 g/mol. The predicted molar refractivity (Wildman–Crippen MR) is 74.5 cm³/mol. The topological polar surface area (TPSA) is 41.1 Å². The fourth-order valence-electron chi connectivity index (χ4n) is 2.39. The first-order valence-corrected chi connectivity index (χ1v) is 6.80. The molecule has 2 N–H and O–H groups in total. The SMILES string of the molecule is CCCC1(CNCC(=O)Nc2ccccc2)CC1. The van der Waals surface area contributed by atoms with E-state index in [0.29, 0.717) is 12.0 Å². The average molecular weight is 246 g/mol. The lowest BCUT2D eigenvalue weighted by molar-refractivity contribution is -0.115. The van der Waals surface area contributed by atoms with Crippen molar-refractivity contribution in [3.63, 3.8) is 0 Å². The monoisotopic (exact) mass is 246 g/mol. The Morgan fingerprint density at radius 2 is 2.00 bits per heavy atom. The van der Waals surface area contributed by atoms with Gasteiger partial charge in [-0.1, -0.05) is 31.5 Å². The summed E-state index contributed by atoms with van der Waals surface area (Å²) in [5.74, 6) is 0.0356. The van der Waals surface area contributed by atoms with Gasteiger partial charge in [-0.25, -0.2) is 0 Å². The smallest absolute Gasteiger partial charge is 0.238 e. The summed E-state index contributed by atoms with van der Waals surface area (Å²) < 4.78 is 0. The maximum Gasteiger partial charge on any atom is 0.238 e. The molecule has 0 spiro atoms. The van der Waals surface area contributed by atoms with E-state index in [0.717, 1.165) is 12.2 Å². The van der Waals surface area contributed by atoms with Crippen LogP contribution in [0.25, 0.3) is 0 Å². The van der Waals surface area contributed by atoms with Gasteiger partial charge in [-0.2, -0.15) is 0 Å². The zero-order valence-electron chi connectivity index (χ0n) is 11.0. The minimum absolute atomic E-state index is 0.0356. The van der Waals surface area contributed by atoms with E-state index in [1.54, 1.807) is 0 Å². The molecule has 98 valence electrons. The van der Waals surface area contributed by atoms with Gasteiger partial charge < -0.3 is 10.6 Å². The van der Waals surface area contributed by atoms with E-state index in [2.05, 4.69) is 17.6 Å². The Bertz CT molecular complexity index is 385. The Morgan fingerprint density at radius 1 is 1.28 bits per heavy atom. The van der Waals surface area contributed by atoms with Crippen molar-refractivity contribution in [1.82, 2.24) is 5.32 Å². The second-order valence-electron chi connectivity index (χ2n) is 5.27. The number of benzene rings is 1. The molecule has 1 aliphatic rings. The molecule has 1 amide bonds. The molecule has 0 radical (unpaired) electrons. The molecule has 0 aliphatic heterocycles. The number of nitrogens with one attached hydrogen (secondary N) is 2. The van der Waals surface area contributed by atoms with Crippen LogP contribution in [0, 0.1) is 5.41 Å². The highest BCUT2D eigenvalue weighted by Gasteiger charge is 2.40. The molecule has 1 fully saturated rings. The number of rotatable bonds is 7. The van der Waals surface area contributed by atoms with Gasteiger partial charge in [0.2, 0.25) is 5.91 Å². The van der Waals surface area contributed by atoms with Crippen LogP contribution in [0.15, 0.2) is 30.3 Å². The number of para-hydroxylation sites is 1. The molecule has 0 heterocycles. The van der Waals surface area contributed by atoms with Gasteiger partial charge in [-0.05, 0) is 36.8 Å². The molecule has 2 rings (SSSR count). The Balaban J connectivity index is 1.66. The van der Waals surface area contributed by atoms with Crippen LogP contribution in [0.4, 0.5) is 5.69 Å². The molecule has 18 heavy (non-hydrogen) atoms. The van der Waals surface area contributed by atoms with Crippen LogP contribution >= 0.6 is 0 Å². The van der Waals surface area contributed by atoms with E-state index in [1.807, 2.05) is 30.3 Å². The normalized spacial score (nSPS) is 16.3. The van der Waals surface area contributed by atoms with Crippen LogP contribution in [-0.4, -0.2) is 19.0 Å². The van der Waals surface area contributed by atoms with Gasteiger partial charge in [0.1, 0.15) is 0 Å². The standard InChI is InChI=1S/C15H22N2O/c1-2-8-15(9-10-15)12-16-11-14(18)17-13-6-4-3-5-7-13/h3-7,16H,2,8-12H2,1H3,(H,17,18). The van der Waals surface area contributed by atoms with Gasteiger partial charge in [0.05, 0.1) is 6.54 Å². The zero-order valence-corrected chi connectivity index (χ0v) is 11.0. The third-order valence-corrected chi connectivity index (χ3v) is 3.58. The fourth-order valence-corrected chi connectivity index (χ4v) is 2.39. The van der Waals surface area contributed by atoms with Crippen molar-refractivity contribution >= 4 is 11.6 Å². The second kappa shape index (κ2) is 6.01. The van der Waals surface area contributed by atoms with Crippen LogP contribution in [0.3, 0.4) is 0 Å². The predicted octanol–water partition coefficient (Wildman–Crippen LogP) is 2.80. The van der Waals surface area contributed by atoms with Gasteiger partial charge in [-0.3, -0.25) is 4.79 Å². The molecule has 1 aromatic rings. The molecule has 3 heteroatoms. The van der Waals surface area contributed by atoms with Crippen molar-refractivity contribution in [2.45, 2.75) is 32.6 Å². The Morgan fingerprint density at radius 3 is 2.61 bits per heavy atom. The first kappa shape index (κ1) is 13.1.